The highest BCUT2D eigenvalue weighted by Gasteiger charge is 2.32. The summed E-state index contributed by atoms with van der Waals surface area (Å²) in [6, 6.07) is 1.07. The third-order valence-corrected chi connectivity index (χ3v) is 3.61. The predicted octanol–water partition coefficient (Wildman–Crippen LogP) is 4.64. The summed E-state index contributed by atoms with van der Waals surface area (Å²) in [4.78, 5) is 3.95. The van der Waals surface area contributed by atoms with Crippen LogP contribution in [0.1, 0.15) is 50.8 Å². The zero-order valence-electron chi connectivity index (χ0n) is 11.9. The summed E-state index contributed by atoms with van der Waals surface area (Å²) < 4.78 is 37.8. The number of pyridine rings is 1. The van der Waals surface area contributed by atoms with Crippen molar-refractivity contribution in [2.24, 2.45) is 0 Å². The van der Waals surface area contributed by atoms with Crippen LogP contribution in [0, 0.1) is 0 Å². The maximum atomic E-state index is 12.6. The third kappa shape index (κ3) is 4.35. The minimum absolute atomic E-state index is 0.00339. The molecule has 0 radical (unpaired) electrons. The Labute approximate surface area is 122 Å². The molecule has 1 aromatic heterocycles. The third-order valence-electron chi connectivity index (χ3n) is 3.31. The van der Waals surface area contributed by atoms with Gasteiger partial charge in [-0.25, -0.2) is 0 Å². The number of hydrogen-bond donors (Lipinski definition) is 1. The molecule has 0 bridgehead atoms. The van der Waals surface area contributed by atoms with Crippen LogP contribution < -0.4 is 5.32 Å². The molecule has 2 atom stereocenters. The van der Waals surface area contributed by atoms with Crippen LogP contribution in [0.25, 0.3) is 0 Å². The van der Waals surface area contributed by atoms with E-state index in [1.54, 1.807) is 0 Å². The number of nitrogens with zero attached hydrogens (tertiary/aromatic N) is 1. The van der Waals surface area contributed by atoms with Gasteiger partial charge >= 0.3 is 6.18 Å². The van der Waals surface area contributed by atoms with E-state index in [0.29, 0.717) is 5.69 Å². The van der Waals surface area contributed by atoms with Crippen LogP contribution >= 0.6 is 11.6 Å². The number of nitrogens with one attached hydrogen (secondary N) is 1. The van der Waals surface area contributed by atoms with Gasteiger partial charge in [0.05, 0.1) is 16.3 Å². The monoisotopic (exact) mass is 308 g/mol. The van der Waals surface area contributed by atoms with Crippen LogP contribution in [0.2, 0.25) is 5.02 Å². The number of halogens is 4. The lowest BCUT2D eigenvalue weighted by Gasteiger charge is -2.24. The van der Waals surface area contributed by atoms with Crippen LogP contribution in [0.4, 0.5) is 13.2 Å². The van der Waals surface area contributed by atoms with E-state index in [-0.39, 0.29) is 17.0 Å². The molecule has 0 spiro atoms. The van der Waals surface area contributed by atoms with E-state index in [1.165, 1.54) is 0 Å². The highest BCUT2D eigenvalue weighted by atomic mass is 35.5. The van der Waals surface area contributed by atoms with Crippen molar-refractivity contribution in [2.45, 2.75) is 51.7 Å². The maximum absolute atomic E-state index is 12.6. The molecule has 1 aromatic rings. The van der Waals surface area contributed by atoms with Gasteiger partial charge < -0.3 is 5.32 Å². The molecule has 0 aliphatic carbocycles. The quantitative estimate of drug-likeness (QED) is 0.828. The summed E-state index contributed by atoms with van der Waals surface area (Å²) in [6.07, 6.45) is -1.80. The Balaban J connectivity index is 2.99. The number of hydrogen-bond acceptors (Lipinski definition) is 2. The van der Waals surface area contributed by atoms with Crippen LogP contribution in [0.3, 0.4) is 0 Å². The fourth-order valence-electron chi connectivity index (χ4n) is 2.17. The average molecular weight is 309 g/mol. The second kappa shape index (κ2) is 7.27. The summed E-state index contributed by atoms with van der Waals surface area (Å²) in [7, 11) is 0. The molecule has 0 aromatic carbocycles. The second-order valence-electron chi connectivity index (χ2n) is 4.85. The molecule has 2 unspecified atom stereocenters. The van der Waals surface area contributed by atoms with E-state index in [9.17, 15) is 13.2 Å². The molecule has 0 saturated carbocycles. The fourth-order valence-corrected chi connectivity index (χ4v) is 2.48. The van der Waals surface area contributed by atoms with Gasteiger partial charge in [-0.05, 0) is 32.4 Å². The van der Waals surface area contributed by atoms with Crippen LogP contribution in [-0.2, 0) is 6.18 Å². The lowest BCUT2D eigenvalue weighted by molar-refractivity contribution is -0.137. The Hall–Kier alpha value is -0.810. The highest BCUT2D eigenvalue weighted by Crippen LogP contribution is 2.34. The normalized spacial score (nSPS) is 15.2. The molecular formula is C14H20ClF3N2. The summed E-state index contributed by atoms with van der Waals surface area (Å²) in [5, 5.41) is 3.41. The van der Waals surface area contributed by atoms with Gasteiger partial charge in [0.2, 0.25) is 0 Å². The van der Waals surface area contributed by atoms with E-state index in [4.69, 9.17) is 11.6 Å². The van der Waals surface area contributed by atoms with Gasteiger partial charge in [0.25, 0.3) is 0 Å². The molecule has 1 heterocycles. The molecule has 1 N–H and O–H groups in total. The fraction of sp³-hybridized carbons (Fsp3) is 0.643. The van der Waals surface area contributed by atoms with Gasteiger partial charge in [-0.15, -0.1) is 0 Å². The second-order valence-corrected chi connectivity index (χ2v) is 5.25. The van der Waals surface area contributed by atoms with Gasteiger partial charge in [0.1, 0.15) is 0 Å². The highest BCUT2D eigenvalue weighted by molar-refractivity contribution is 6.31. The van der Waals surface area contributed by atoms with Crippen molar-refractivity contribution in [1.29, 1.82) is 0 Å². The van der Waals surface area contributed by atoms with Gasteiger partial charge in [0.15, 0.2) is 0 Å². The van der Waals surface area contributed by atoms with E-state index < -0.39 is 11.7 Å². The minimum Gasteiger partial charge on any atom is -0.314 e. The van der Waals surface area contributed by atoms with E-state index in [0.717, 1.165) is 31.6 Å². The largest absolute Gasteiger partial charge is 0.417 e. The maximum Gasteiger partial charge on any atom is 0.417 e. The predicted molar refractivity (Wildman–Crippen MR) is 75.0 cm³/mol. The van der Waals surface area contributed by atoms with Crippen LogP contribution in [0.15, 0.2) is 12.3 Å². The first-order valence-corrected chi connectivity index (χ1v) is 7.15. The molecule has 114 valence electrons. The van der Waals surface area contributed by atoms with Crippen molar-refractivity contribution in [3.05, 3.63) is 28.5 Å². The Morgan fingerprint density at radius 1 is 1.35 bits per heavy atom. The zero-order valence-corrected chi connectivity index (χ0v) is 12.6. The molecule has 0 amide bonds. The number of rotatable bonds is 6. The van der Waals surface area contributed by atoms with Gasteiger partial charge in [0, 0.05) is 18.2 Å². The first kappa shape index (κ1) is 17.2. The topological polar surface area (TPSA) is 24.9 Å². The Morgan fingerprint density at radius 3 is 2.45 bits per heavy atom. The molecule has 2 nitrogen and oxygen atoms in total. The molecule has 6 heteroatoms. The lowest BCUT2D eigenvalue weighted by Crippen LogP contribution is -2.33. The Kier molecular flexibility index (Phi) is 6.27. The molecular weight excluding hydrogens is 289 g/mol. The van der Waals surface area contributed by atoms with Crippen molar-refractivity contribution in [3.8, 4) is 0 Å². The summed E-state index contributed by atoms with van der Waals surface area (Å²) >= 11 is 6.00. The van der Waals surface area contributed by atoms with Crippen LogP contribution in [-0.4, -0.2) is 17.6 Å². The van der Waals surface area contributed by atoms with Crippen molar-refractivity contribution >= 4 is 11.6 Å². The van der Waals surface area contributed by atoms with Gasteiger partial charge in [-0.2, -0.15) is 13.2 Å². The molecule has 20 heavy (non-hydrogen) atoms. The average Bonchev–Trinajstić information content (AvgIpc) is 2.37. The summed E-state index contributed by atoms with van der Waals surface area (Å²) in [5.41, 5.74) is -0.284. The van der Waals surface area contributed by atoms with E-state index in [2.05, 4.69) is 17.2 Å². The van der Waals surface area contributed by atoms with E-state index in [1.807, 2.05) is 13.8 Å². The molecule has 0 saturated heterocycles. The van der Waals surface area contributed by atoms with E-state index >= 15 is 0 Å². The first-order valence-electron chi connectivity index (χ1n) is 6.77. The van der Waals surface area contributed by atoms with Gasteiger partial charge in [-0.1, -0.05) is 25.4 Å². The minimum atomic E-state index is -4.41. The number of aromatic nitrogens is 1. The smallest absolute Gasteiger partial charge is 0.314 e. The molecule has 0 fully saturated rings. The van der Waals surface area contributed by atoms with Crippen LogP contribution in [0.5, 0.6) is 0 Å². The number of alkyl halides is 3. The lowest BCUT2D eigenvalue weighted by atomic mass is 9.93. The summed E-state index contributed by atoms with van der Waals surface area (Å²) in [6.45, 7) is 6.89. The standard InChI is InChI=1S/C14H20ClF3N2/c1-4-6-19-9(3)11(5-2)13-12(15)7-10(8-20-13)14(16,17)18/h7-9,11,19H,4-6H2,1-3H3. The molecule has 0 aliphatic rings. The summed E-state index contributed by atoms with van der Waals surface area (Å²) in [5.74, 6) is -0.00339. The Bertz CT molecular complexity index is 435. The van der Waals surface area contributed by atoms with Gasteiger partial charge in [-0.3, -0.25) is 4.98 Å². The first-order chi connectivity index (χ1) is 9.31. The molecule has 1 rings (SSSR count). The van der Waals surface area contributed by atoms with Crippen molar-refractivity contribution in [1.82, 2.24) is 10.3 Å². The SMILES string of the molecule is CCCNC(C)C(CC)c1ncc(C(F)(F)F)cc1Cl. The van der Waals surface area contributed by atoms with Crippen molar-refractivity contribution < 1.29 is 13.2 Å². The molecule has 0 aliphatic heterocycles. The zero-order chi connectivity index (χ0) is 15.3. The van der Waals surface area contributed by atoms with Crippen molar-refractivity contribution in [2.75, 3.05) is 6.54 Å². The Morgan fingerprint density at radius 2 is 2.00 bits per heavy atom. The van der Waals surface area contributed by atoms with Crippen molar-refractivity contribution in [3.63, 3.8) is 0 Å².